The molecule has 168 valence electrons. The molecule has 0 atom stereocenters. The zero-order valence-electron chi connectivity index (χ0n) is 18.8. The number of rotatable bonds is 7. The van der Waals surface area contributed by atoms with Crippen molar-refractivity contribution in [2.24, 2.45) is 0 Å². The third kappa shape index (κ3) is 4.01. The molecule has 0 aromatic heterocycles. The fourth-order valence-electron chi connectivity index (χ4n) is 3.71. The molecular weight excluding hydrogens is 420 g/mol. The van der Waals surface area contributed by atoms with Gasteiger partial charge in [-0.3, -0.25) is 9.59 Å². The monoisotopic (exact) mass is 444 g/mol. The molecule has 0 saturated heterocycles. The summed E-state index contributed by atoms with van der Waals surface area (Å²) in [5.41, 5.74) is 2.94. The van der Waals surface area contributed by atoms with E-state index in [0.29, 0.717) is 34.2 Å². The van der Waals surface area contributed by atoms with E-state index >= 15 is 0 Å². The molecule has 0 aliphatic carbocycles. The number of nitrogens with one attached hydrogen (secondary N) is 1. The van der Waals surface area contributed by atoms with E-state index in [2.05, 4.69) is 5.32 Å². The van der Waals surface area contributed by atoms with Gasteiger partial charge in [-0.05, 0) is 36.8 Å². The van der Waals surface area contributed by atoms with Crippen LogP contribution in [0.5, 0.6) is 17.2 Å². The van der Waals surface area contributed by atoms with Crippen molar-refractivity contribution in [3.05, 3.63) is 83.6 Å². The Morgan fingerprint density at radius 3 is 2.12 bits per heavy atom. The first-order valence-corrected chi connectivity index (χ1v) is 10.3. The second kappa shape index (κ2) is 9.08. The van der Waals surface area contributed by atoms with Gasteiger partial charge in [0.2, 0.25) is 0 Å². The van der Waals surface area contributed by atoms with Crippen LogP contribution in [0, 0.1) is 6.92 Å². The lowest BCUT2D eigenvalue weighted by molar-refractivity contribution is -0.120. The van der Waals surface area contributed by atoms with Crippen molar-refractivity contribution in [2.45, 2.75) is 6.92 Å². The average Bonchev–Trinajstić information content (AvgIpc) is 3.08. The van der Waals surface area contributed by atoms with Crippen molar-refractivity contribution in [3.8, 4) is 17.2 Å². The van der Waals surface area contributed by atoms with Gasteiger partial charge in [-0.2, -0.15) is 0 Å². The molecule has 3 aromatic carbocycles. The maximum atomic E-state index is 13.7. The fraction of sp³-hybridized carbons (Fsp3) is 0.154. The molecule has 3 aromatic rings. The highest BCUT2D eigenvalue weighted by atomic mass is 16.5. The number of anilines is 2. The van der Waals surface area contributed by atoms with Crippen LogP contribution < -0.4 is 24.4 Å². The van der Waals surface area contributed by atoms with Crippen LogP contribution in [0.15, 0.2) is 72.4 Å². The number of imide groups is 1. The molecule has 33 heavy (non-hydrogen) atoms. The topological polar surface area (TPSA) is 77.1 Å². The van der Waals surface area contributed by atoms with Crippen molar-refractivity contribution >= 4 is 28.8 Å². The van der Waals surface area contributed by atoms with Crippen molar-refractivity contribution < 1.29 is 23.8 Å². The summed E-state index contributed by atoms with van der Waals surface area (Å²) in [6.45, 7) is 1.96. The highest BCUT2D eigenvalue weighted by Crippen LogP contribution is 2.39. The van der Waals surface area contributed by atoms with Gasteiger partial charge in [-0.25, -0.2) is 4.90 Å². The molecule has 4 rings (SSSR count). The molecule has 1 aliphatic rings. The summed E-state index contributed by atoms with van der Waals surface area (Å²) in [5.74, 6) is 0.557. The predicted molar refractivity (Wildman–Crippen MR) is 127 cm³/mol. The Morgan fingerprint density at radius 1 is 0.758 bits per heavy atom. The van der Waals surface area contributed by atoms with E-state index in [9.17, 15) is 9.59 Å². The molecule has 0 bridgehead atoms. The SMILES string of the molecule is COc1ccc(OC)c(NC2=C(c3ccc(C)cc3)C(=O)N(c3ccccc3OC)C2=O)c1. The minimum atomic E-state index is -0.495. The molecule has 7 nitrogen and oxygen atoms in total. The Hall–Kier alpha value is -4.26. The lowest BCUT2D eigenvalue weighted by Crippen LogP contribution is -2.32. The van der Waals surface area contributed by atoms with Gasteiger partial charge in [0.1, 0.15) is 22.9 Å². The van der Waals surface area contributed by atoms with Crippen LogP contribution >= 0.6 is 0 Å². The van der Waals surface area contributed by atoms with Gasteiger partial charge in [0, 0.05) is 6.07 Å². The Balaban J connectivity index is 1.87. The summed E-state index contributed by atoms with van der Waals surface area (Å²) in [5, 5.41) is 3.14. The quantitative estimate of drug-likeness (QED) is 0.544. The van der Waals surface area contributed by atoms with Gasteiger partial charge in [0.25, 0.3) is 11.8 Å². The van der Waals surface area contributed by atoms with Crippen LogP contribution in [0.4, 0.5) is 11.4 Å². The number of ether oxygens (including phenoxy) is 3. The van der Waals surface area contributed by atoms with Crippen LogP contribution in [0.2, 0.25) is 0 Å². The molecule has 0 saturated carbocycles. The fourth-order valence-corrected chi connectivity index (χ4v) is 3.71. The number of hydrogen-bond donors (Lipinski definition) is 1. The smallest absolute Gasteiger partial charge is 0.282 e. The summed E-state index contributed by atoms with van der Waals surface area (Å²) >= 11 is 0. The van der Waals surface area contributed by atoms with E-state index in [1.54, 1.807) is 49.6 Å². The summed E-state index contributed by atoms with van der Waals surface area (Å²) < 4.78 is 16.2. The van der Waals surface area contributed by atoms with E-state index in [1.165, 1.54) is 14.2 Å². The van der Waals surface area contributed by atoms with E-state index in [1.807, 2.05) is 31.2 Å². The largest absolute Gasteiger partial charge is 0.497 e. The first-order chi connectivity index (χ1) is 16.0. The molecule has 1 heterocycles. The lowest BCUT2D eigenvalue weighted by atomic mass is 10.0. The van der Waals surface area contributed by atoms with Gasteiger partial charge in [0.15, 0.2) is 0 Å². The van der Waals surface area contributed by atoms with E-state index in [0.717, 1.165) is 10.5 Å². The summed E-state index contributed by atoms with van der Waals surface area (Å²) in [7, 11) is 4.58. The van der Waals surface area contributed by atoms with Crippen molar-refractivity contribution in [2.75, 3.05) is 31.5 Å². The third-order valence-corrected chi connectivity index (χ3v) is 5.42. The highest BCUT2D eigenvalue weighted by Gasteiger charge is 2.41. The number of para-hydroxylation sites is 2. The zero-order chi connectivity index (χ0) is 23.5. The number of hydrogen-bond acceptors (Lipinski definition) is 6. The first kappa shape index (κ1) is 22.0. The molecule has 0 unspecified atom stereocenters. The molecule has 2 amide bonds. The highest BCUT2D eigenvalue weighted by molar-refractivity contribution is 6.46. The molecule has 0 fully saturated rings. The van der Waals surface area contributed by atoms with Gasteiger partial charge in [-0.15, -0.1) is 0 Å². The first-order valence-electron chi connectivity index (χ1n) is 10.3. The second-order valence-electron chi connectivity index (χ2n) is 7.42. The van der Waals surface area contributed by atoms with Crippen LogP contribution in [0.1, 0.15) is 11.1 Å². The van der Waals surface area contributed by atoms with Crippen molar-refractivity contribution in [1.82, 2.24) is 0 Å². The maximum absolute atomic E-state index is 13.7. The summed E-state index contributed by atoms with van der Waals surface area (Å²) in [6.07, 6.45) is 0. The van der Waals surface area contributed by atoms with E-state index < -0.39 is 11.8 Å². The molecule has 1 N–H and O–H groups in total. The molecule has 7 heteroatoms. The number of carbonyl (C=O) groups is 2. The standard InChI is InChI=1S/C26H24N2O5/c1-16-9-11-17(12-10-16)23-24(27-19-15-18(31-2)13-14-21(19)32-3)26(30)28(25(23)29)20-7-5-6-8-22(20)33-4/h5-15,27H,1-4H3. The van der Waals surface area contributed by atoms with Crippen LogP contribution in [-0.2, 0) is 9.59 Å². The number of amides is 2. The molecule has 0 radical (unpaired) electrons. The maximum Gasteiger partial charge on any atom is 0.282 e. The van der Waals surface area contributed by atoms with E-state index in [4.69, 9.17) is 14.2 Å². The Labute approximate surface area is 192 Å². The second-order valence-corrected chi connectivity index (χ2v) is 7.42. The zero-order valence-corrected chi connectivity index (χ0v) is 18.8. The van der Waals surface area contributed by atoms with Crippen LogP contribution in [-0.4, -0.2) is 33.1 Å². The normalized spacial score (nSPS) is 13.4. The average molecular weight is 444 g/mol. The lowest BCUT2D eigenvalue weighted by Gasteiger charge is -2.18. The van der Waals surface area contributed by atoms with Crippen LogP contribution in [0.25, 0.3) is 5.57 Å². The Morgan fingerprint density at radius 2 is 1.45 bits per heavy atom. The molecular formula is C26H24N2O5. The minimum absolute atomic E-state index is 0.140. The third-order valence-electron chi connectivity index (χ3n) is 5.42. The number of carbonyl (C=O) groups excluding carboxylic acids is 2. The van der Waals surface area contributed by atoms with Gasteiger partial charge < -0.3 is 19.5 Å². The van der Waals surface area contributed by atoms with Crippen molar-refractivity contribution in [1.29, 1.82) is 0 Å². The van der Waals surface area contributed by atoms with E-state index in [-0.39, 0.29) is 11.3 Å². The minimum Gasteiger partial charge on any atom is -0.497 e. The number of aryl methyl sites for hydroxylation is 1. The number of nitrogens with zero attached hydrogens (tertiary/aromatic N) is 1. The molecule has 1 aliphatic heterocycles. The van der Waals surface area contributed by atoms with Gasteiger partial charge in [-0.1, -0.05) is 42.0 Å². The van der Waals surface area contributed by atoms with Crippen LogP contribution in [0.3, 0.4) is 0 Å². The summed E-state index contributed by atoms with van der Waals surface area (Å²) in [6, 6.07) is 19.6. The number of benzene rings is 3. The van der Waals surface area contributed by atoms with Gasteiger partial charge >= 0.3 is 0 Å². The summed E-state index contributed by atoms with van der Waals surface area (Å²) in [4.78, 5) is 28.4. The van der Waals surface area contributed by atoms with Gasteiger partial charge in [0.05, 0.1) is 38.3 Å². The number of methoxy groups -OCH3 is 3. The van der Waals surface area contributed by atoms with Crippen molar-refractivity contribution in [3.63, 3.8) is 0 Å². The Kier molecular flexibility index (Phi) is 6.04. The molecule has 0 spiro atoms. The Bertz CT molecular complexity index is 1250. The predicted octanol–water partition coefficient (Wildman–Crippen LogP) is 4.42.